The number of thiophene rings is 1. The Labute approximate surface area is 65.2 Å². The van der Waals surface area contributed by atoms with E-state index in [0.717, 1.165) is 4.34 Å². The van der Waals surface area contributed by atoms with E-state index < -0.39 is 0 Å². The Kier molecular flexibility index (Phi) is 3.87. The summed E-state index contributed by atoms with van der Waals surface area (Å²) in [5, 5.41) is 1.95. The van der Waals surface area contributed by atoms with Crippen LogP contribution >= 0.6 is 22.9 Å². The summed E-state index contributed by atoms with van der Waals surface area (Å²) in [6.45, 7) is 0. The van der Waals surface area contributed by atoms with Crippen LogP contribution in [0.15, 0.2) is 17.5 Å². The molecule has 0 amide bonds. The maximum atomic E-state index is 5.47. The van der Waals surface area contributed by atoms with E-state index in [9.17, 15) is 0 Å². The van der Waals surface area contributed by atoms with Gasteiger partial charge in [-0.25, -0.2) is 0 Å². The van der Waals surface area contributed by atoms with Crippen LogP contribution in [0.2, 0.25) is 4.34 Å². The predicted molar refractivity (Wildman–Crippen MR) is 30.4 cm³/mol. The topological polar surface area (TPSA) is 0 Å². The van der Waals surface area contributed by atoms with Crippen molar-refractivity contribution in [2.24, 2.45) is 0 Å². The van der Waals surface area contributed by atoms with Crippen LogP contribution in [0.4, 0.5) is 0 Å². The molecule has 0 aliphatic rings. The van der Waals surface area contributed by atoms with Crippen LogP contribution in [0.1, 0.15) is 1.43 Å². The van der Waals surface area contributed by atoms with Crippen LogP contribution in [-0.2, 0) is 0 Å². The Bertz CT molecular complexity index is 120. The normalized spacial score (nSPS) is 7.57. The maximum absolute atomic E-state index is 5.47. The van der Waals surface area contributed by atoms with Crippen molar-refractivity contribution in [1.29, 1.82) is 0 Å². The molecule has 0 spiro atoms. The average Bonchev–Trinajstić information content (AvgIpc) is 1.86. The van der Waals surface area contributed by atoms with Crippen molar-refractivity contribution in [2.45, 2.75) is 0 Å². The van der Waals surface area contributed by atoms with Gasteiger partial charge in [-0.3, -0.25) is 0 Å². The number of hydrogen-bond donors (Lipinski definition) is 0. The Morgan fingerprint density at radius 3 is 2.57 bits per heavy atom. The molecule has 1 aromatic heterocycles. The molecule has 0 fully saturated rings. The molecule has 7 heavy (non-hydrogen) atoms. The fraction of sp³-hybridized carbons (Fsp3) is 0. The van der Waals surface area contributed by atoms with Gasteiger partial charge < -0.3 is 1.43 Å². The van der Waals surface area contributed by atoms with Crippen LogP contribution in [0.5, 0.6) is 0 Å². The van der Waals surface area contributed by atoms with E-state index in [1.54, 1.807) is 11.3 Å². The van der Waals surface area contributed by atoms with Gasteiger partial charge in [-0.2, -0.15) is 0 Å². The number of hydrogen-bond acceptors (Lipinski definition) is 1. The SMILES string of the molecule is Clc1cccs1.[H-].[Li+]. The van der Waals surface area contributed by atoms with E-state index in [-0.39, 0.29) is 20.3 Å². The van der Waals surface area contributed by atoms with Crippen molar-refractivity contribution < 1.29 is 20.3 Å². The van der Waals surface area contributed by atoms with Crippen LogP contribution in [0.25, 0.3) is 0 Å². The van der Waals surface area contributed by atoms with Crippen molar-refractivity contribution >= 4 is 22.9 Å². The maximum Gasteiger partial charge on any atom is 1.00 e. The van der Waals surface area contributed by atoms with E-state index in [0.29, 0.717) is 0 Å². The van der Waals surface area contributed by atoms with E-state index in [1.807, 2.05) is 17.5 Å². The minimum absolute atomic E-state index is 0. The first-order valence-corrected chi connectivity index (χ1v) is 2.84. The molecule has 1 heterocycles. The van der Waals surface area contributed by atoms with Crippen molar-refractivity contribution in [3.8, 4) is 0 Å². The van der Waals surface area contributed by atoms with Crippen LogP contribution in [0, 0.1) is 0 Å². The summed E-state index contributed by atoms with van der Waals surface area (Å²) in [6, 6.07) is 3.79. The quantitative estimate of drug-likeness (QED) is 0.412. The summed E-state index contributed by atoms with van der Waals surface area (Å²) >= 11 is 7.02. The first-order chi connectivity index (χ1) is 2.89. The van der Waals surface area contributed by atoms with Crippen molar-refractivity contribution in [3.63, 3.8) is 0 Å². The van der Waals surface area contributed by atoms with Gasteiger partial charge in [0.15, 0.2) is 0 Å². The summed E-state index contributed by atoms with van der Waals surface area (Å²) in [4.78, 5) is 0. The summed E-state index contributed by atoms with van der Waals surface area (Å²) < 4.78 is 0.856. The molecule has 0 aromatic carbocycles. The zero-order chi connectivity index (χ0) is 4.41. The van der Waals surface area contributed by atoms with E-state index >= 15 is 0 Å². The van der Waals surface area contributed by atoms with Crippen LogP contribution in [0.3, 0.4) is 0 Å². The summed E-state index contributed by atoms with van der Waals surface area (Å²) in [6.07, 6.45) is 0. The Hall–Kier alpha value is 0.587. The molecular formula is C4H4ClLiS. The first-order valence-electron chi connectivity index (χ1n) is 1.58. The fourth-order valence-electron chi connectivity index (χ4n) is 0.259. The molecule has 0 unspecified atom stereocenters. The van der Waals surface area contributed by atoms with Crippen molar-refractivity contribution in [2.75, 3.05) is 0 Å². The molecule has 0 bridgehead atoms. The third kappa shape index (κ3) is 2.41. The van der Waals surface area contributed by atoms with E-state index in [2.05, 4.69) is 0 Å². The number of rotatable bonds is 0. The largest absolute Gasteiger partial charge is 1.00 e. The van der Waals surface area contributed by atoms with Crippen molar-refractivity contribution in [3.05, 3.63) is 21.8 Å². The standard InChI is InChI=1S/C4H3ClS.Li.H/c5-4-2-1-3-6-4;;/h1-3H;;/q;+1;-1. The second kappa shape index (κ2) is 3.57. The Balaban J connectivity index is 0. The molecule has 34 valence electrons. The minimum Gasteiger partial charge on any atom is -1.00 e. The molecule has 1 rings (SSSR count). The molecule has 0 radical (unpaired) electrons. The molecule has 0 saturated carbocycles. The van der Waals surface area contributed by atoms with Gasteiger partial charge in [-0.1, -0.05) is 11.6 Å². The molecule has 3 heteroatoms. The Morgan fingerprint density at radius 1 is 1.71 bits per heavy atom. The molecule has 0 saturated heterocycles. The molecule has 0 nitrogen and oxygen atoms in total. The van der Waals surface area contributed by atoms with Gasteiger partial charge in [-0.15, -0.1) is 11.3 Å². The van der Waals surface area contributed by atoms with Gasteiger partial charge in [0.25, 0.3) is 0 Å². The fourth-order valence-corrected chi connectivity index (χ4v) is 0.930. The van der Waals surface area contributed by atoms with Gasteiger partial charge in [0, 0.05) is 0 Å². The van der Waals surface area contributed by atoms with Crippen LogP contribution in [-0.4, -0.2) is 0 Å². The monoisotopic (exact) mass is 126 g/mol. The van der Waals surface area contributed by atoms with Crippen LogP contribution < -0.4 is 18.9 Å². The molecule has 0 N–H and O–H groups in total. The van der Waals surface area contributed by atoms with Gasteiger partial charge in [0.05, 0.1) is 4.34 Å². The number of halogens is 1. The second-order valence-corrected chi connectivity index (χ2v) is 2.50. The molecular weight excluding hydrogens is 123 g/mol. The summed E-state index contributed by atoms with van der Waals surface area (Å²) in [5.74, 6) is 0. The average molecular weight is 127 g/mol. The van der Waals surface area contributed by atoms with E-state index in [4.69, 9.17) is 11.6 Å². The van der Waals surface area contributed by atoms with Gasteiger partial charge in [0.2, 0.25) is 0 Å². The smallest absolute Gasteiger partial charge is 1.00 e. The predicted octanol–water partition coefficient (Wildman–Crippen LogP) is -0.482. The molecule has 0 atom stereocenters. The third-order valence-corrected chi connectivity index (χ3v) is 1.53. The van der Waals surface area contributed by atoms with Gasteiger partial charge in [-0.05, 0) is 17.5 Å². The zero-order valence-electron chi connectivity index (χ0n) is 5.02. The molecule has 0 aliphatic heterocycles. The Morgan fingerprint density at radius 2 is 2.43 bits per heavy atom. The van der Waals surface area contributed by atoms with E-state index in [1.165, 1.54) is 0 Å². The first kappa shape index (κ1) is 7.59. The van der Waals surface area contributed by atoms with Gasteiger partial charge >= 0.3 is 18.9 Å². The summed E-state index contributed by atoms with van der Waals surface area (Å²) in [5.41, 5.74) is 0. The van der Waals surface area contributed by atoms with Gasteiger partial charge in [0.1, 0.15) is 0 Å². The second-order valence-electron chi connectivity index (χ2n) is 0.917. The molecule has 1 aromatic rings. The zero-order valence-corrected chi connectivity index (χ0v) is 5.59. The third-order valence-electron chi connectivity index (χ3n) is 0.486. The molecule has 0 aliphatic carbocycles. The summed E-state index contributed by atoms with van der Waals surface area (Å²) in [7, 11) is 0. The van der Waals surface area contributed by atoms with Crippen molar-refractivity contribution in [1.82, 2.24) is 0 Å². The minimum atomic E-state index is 0.